The molecule has 0 bridgehead atoms. The van der Waals surface area contributed by atoms with Crippen LogP contribution in [0.4, 0.5) is 10.1 Å². The highest BCUT2D eigenvalue weighted by molar-refractivity contribution is 7.92. The molecule has 2 heterocycles. The highest BCUT2D eigenvalue weighted by atomic mass is 35.5. The summed E-state index contributed by atoms with van der Waals surface area (Å²) in [6.45, 7) is 0. The van der Waals surface area contributed by atoms with E-state index < -0.39 is 27.3 Å². The van der Waals surface area contributed by atoms with E-state index in [0.29, 0.717) is 11.0 Å². The molecule has 0 saturated carbocycles. The second-order valence-corrected chi connectivity index (χ2v) is 7.51. The van der Waals surface area contributed by atoms with Gasteiger partial charge in [0.2, 0.25) is 20.9 Å². The van der Waals surface area contributed by atoms with Gasteiger partial charge in [-0.05, 0) is 12.1 Å². The second-order valence-electron chi connectivity index (χ2n) is 5.22. The predicted molar refractivity (Wildman–Crippen MR) is 92.5 cm³/mol. The van der Waals surface area contributed by atoms with Crippen molar-refractivity contribution in [3.8, 4) is 5.75 Å². The van der Waals surface area contributed by atoms with Gasteiger partial charge in [-0.25, -0.2) is 22.8 Å². The van der Waals surface area contributed by atoms with E-state index in [1.54, 1.807) is 0 Å². The van der Waals surface area contributed by atoms with Crippen LogP contribution in [0.1, 0.15) is 0 Å². The molecule has 11 heteroatoms. The second kappa shape index (κ2) is 6.89. The van der Waals surface area contributed by atoms with Crippen LogP contribution in [0, 0.1) is 5.82 Å². The van der Waals surface area contributed by atoms with Gasteiger partial charge < -0.3 is 15.0 Å². The number of aromatic nitrogens is 3. The summed E-state index contributed by atoms with van der Waals surface area (Å²) in [6, 6.07) is 5.13. The summed E-state index contributed by atoms with van der Waals surface area (Å²) in [5.74, 6) is -2.40. The zero-order chi connectivity index (χ0) is 18.9. The van der Waals surface area contributed by atoms with E-state index in [2.05, 4.69) is 20.3 Å². The first-order valence-corrected chi connectivity index (χ1v) is 9.19. The number of rotatable bonds is 5. The van der Waals surface area contributed by atoms with Crippen molar-refractivity contribution in [3.63, 3.8) is 0 Å². The highest BCUT2D eigenvalue weighted by Crippen LogP contribution is 2.21. The smallest absolute Gasteiger partial charge is 0.240 e. The van der Waals surface area contributed by atoms with E-state index in [-0.39, 0.29) is 21.7 Å². The van der Waals surface area contributed by atoms with E-state index >= 15 is 0 Å². The van der Waals surface area contributed by atoms with Gasteiger partial charge in [-0.3, -0.25) is 4.79 Å². The summed E-state index contributed by atoms with van der Waals surface area (Å²) >= 11 is 5.73. The number of halogens is 2. The number of aromatic amines is 1. The molecule has 0 unspecified atom stereocenters. The lowest BCUT2D eigenvalue weighted by Crippen LogP contribution is -2.23. The number of nitrogens with zero attached hydrogens (tertiary/aromatic N) is 2. The number of amides is 1. The zero-order valence-electron chi connectivity index (χ0n) is 13.3. The van der Waals surface area contributed by atoms with Crippen molar-refractivity contribution in [2.45, 2.75) is 5.16 Å². The molecule has 0 atom stereocenters. The van der Waals surface area contributed by atoms with E-state index in [9.17, 15) is 17.6 Å². The Kier molecular flexibility index (Phi) is 4.79. The predicted octanol–water partition coefficient (Wildman–Crippen LogP) is 2.17. The van der Waals surface area contributed by atoms with Crippen LogP contribution in [0.3, 0.4) is 0 Å². The Morgan fingerprint density at radius 1 is 1.38 bits per heavy atom. The quantitative estimate of drug-likeness (QED) is 0.636. The topological polar surface area (TPSA) is 114 Å². The van der Waals surface area contributed by atoms with E-state index in [4.69, 9.17) is 16.3 Å². The number of hydrogen-bond acceptors (Lipinski definition) is 6. The van der Waals surface area contributed by atoms with Gasteiger partial charge in [0, 0.05) is 17.8 Å². The van der Waals surface area contributed by atoms with Crippen LogP contribution in [0.15, 0.2) is 35.6 Å². The molecule has 136 valence electrons. The monoisotopic (exact) mass is 398 g/mol. The van der Waals surface area contributed by atoms with Crippen molar-refractivity contribution in [1.82, 2.24) is 15.0 Å². The van der Waals surface area contributed by atoms with Gasteiger partial charge >= 0.3 is 0 Å². The molecule has 3 aromatic rings. The molecule has 1 aromatic carbocycles. The van der Waals surface area contributed by atoms with Crippen LogP contribution in [-0.2, 0) is 14.6 Å². The minimum atomic E-state index is -4.05. The minimum Gasteiger partial charge on any atom is -0.494 e. The Labute approximate surface area is 152 Å². The van der Waals surface area contributed by atoms with Gasteiger partial charge in [-0.2, -0.15) is 0 Å². The van der Waals surface area contributed by atoms with Crippen molar-refractivity contribution < 1.29 is 22.3 Å². The van der Waals surface area contributed by atoms with E-state index in [1.807, 2.05) is 0 Å². The van der Waals surface area contributed by atoms with Crippen LogP contribution >= 0.6 is 11.6 Å². The normalized spacial score (nSPS) is 11.5. The van der Waals surface area contributed by atoms with Gasteiger partial charge in [-0.1, -0.05) is 11.6 Å². The first-order valence-electron chi connectivity index (χ1n) is 7.16. The first-order chi connectivity index (χ1) is 12.3. The number of ether oxygens (including phenoxy) is 1. The highest BCUT2D eigenvalue weighted by Gasteiger charge is 2.23. The Morgan fingerprint density at radius 3 is 2.85 bits per heavy atom. The largest absolute Gasteiger partial charge is 0.494 e. The maximum atomic E-state index is 13.6. The molecule has 2 aromatic heterocycles. The lowest BCUT2D eigenvalue weighted by atomic mass is 10.3. The minimum absolute atomic E-state index is 0.00478. The average Bonchev–Trinajstić information content (AvgIpc) is 2.98. The van der Waals surface area contributed by atoms with Crippen LogP contribution in [0.2, 0.25) is 5.15 Å². The number of benzene rings is 1. The van der Waals surface area contributed by atoms with Crippen molar-refractivity contribution in [2.24, 2.45) is 0 Å². The number of hydrogen-bond donors (Lipinski definition) is 2. The molecule has 0 spiro atoms. The summed E-state index contributed by atoms with van der Waals surface area (Å²) in [6.07, 6.45) is 1.34. The van der Waals surface area contributed by atoms with Gasteiger partial charge in [0.05, 0.1) is 24.3 Å². The molecular formula is C15H12ClFN4O4S. The Morgan fingerprint density at radius 2 is 2.15 bits per heavy atom. The molecule has 2 N–H and O–H groups in total. The number of carbonyl (C=O) groups excluding carboxylic acids is 1. The zero-order valence-corrected chi connectivity index (χ0v) is 14.9. The van der Waals surface area contributed by atoms with E-state index in [1.165, 1.54) is 31.5 Å². The molecular weight excluding hydrogens is 387 g/mol. The Hall–Kier alpha value is -2.72. The molecule has 0 aliphatic rings. The van der Waals surface area contributed by atoms with Crippen LogP contribution in [0.25, 0.3) is 11.0 Å². The molecule has 0 saturated heterocycles. The number of pyridine rings is 1. The standard InChI is InChI=1S/C15H12ClFN4O4S/c1-25-12-3-2-8(4-9(12)17)19-14(22)7-26(23,24)15-20-10-5-13(16)18-6-11(10)21-15/h2-6H,7H2,1H3,(H,19,22)(H,20,21). The summed E-state index contributed by atoms with van der Waals surface area (Å²) in [5.41, 5.74) is 0.774. The van der Waals surface area contributed by atoms with Crippen LogP contribution in [0.5, 0.6) is 5.75 Å². The molecule has 0 fully saturated rings. The summed E-state index contributed by atoms with van der Waals surface area (Å²) in [7, 11) is -2.74. The van der Waals surface area contributed by atoms with Gasteiger partial charge in [0.1, 0.15) is 10.9 Å². The average molecular weight is 399 g/mol. The van der Waals surface area contributed by atoms with Crippen molar-refractivity contribution in [1.29, 1.82) is 0 Å². The van der Waals surface area contributed by atoms with Crippen molar-refractivity contribution in [2.75, 3.05) is 18.2 Å². The first kappa shape index (κ1) is 18.1. The maximum Gasteiger partial charge on any atom is 0.240 e. The number of anilines is 1. The molecule has 8 nitrogen and oxygen atoms in total. The number of carbonyl (C=O) groups is 1. The number of methoxy groups -OCH3 is 1. The number of nitrogens with one attached hydrogen (secondary N) is 2. The lowest BCUT2D eigenvalue weighted by Gasteiger charge is -2.07. The third-order valence-electron chi connectivity index (χ3n) is 3.36. The maximum absolute atomic E-state index is 13.6. The molecule has 1 amide bonds. The van der Waals surface area contributed by atoms with Crippen molar-refractivity contribution in [3.05, 3.63) is 41.4 Å². The molecule has 0 aliphatic carbocycles. The fraction of sp³-hybridized carbons (Fsp3) is 0.133. The summed E-state index contributed by atoms with van der Waals surface area (Å²) < 4.78 is 43.1. The summed E-state index contributed by atoms with van der Waals surface area (Å²) in [5, 5.41) is 2.09. The fourth-order valence-corrected chi connectivity index (χ4v) is 3.40. The third-order valence-corrected chi connectivity index (χ3v) is 5.00. The molecule has 26 heavy (non-hydrogen) atoms. The number of fused-ring (bicyclic) bond motifs is 1. The molecule has 0 radical (unpaired) electrons. The van der Waals surface area contributed by atoms with Crippen LogP contribution < -0.4 is 10.1 Å². The number of H-pyrrole nitrogens is 1. The number of imidazole rings is 1. The SMILES string of the molecule is COc1ccc(NC(=O)CS(=O)(=O)c2nc3cc(Cl)ncc3[nH]2)cc1F. The number of sulfone groups is 1. The van der Waals surface area contributed by atoms with Gasteiger partial charge in [0.15, 0.2) is 11.6 Å². The molecule has 3 rings (SSSR count). The van der Waals surface area contributed by atoms with Gasteiger partial charge in [0.25, 0.3) is 0 Å². The van der Waals surface area contributed by atoms with Gasteiger partial charge in [-0.15, -0.1) is 0 Å². The lowest BCUT2D eigenvalue weighted by molar-refractivity contribution is -0.113. The van der Waals surface area contributed by atoms with Crippen molar-refractivity contribution >= 4 is 44.1 Å². The van der Waals surface area contributed by atoms with Crippen LogP contribution in [-0.4, -0.2) is 42.1 Å². The molecule has 0 aliphatic heterocycles. The summed E-state index contributed by atoms with van der Waals surface area (Å²) in [4.78, 5) is 22.3. The fourth-order valence-electron chi connectivity index (χ4n) is 2.19. The third kappa shape index (κ3) is 3.75. The Balaban J connectivity index is 1.77. The Bertz CT molecular complexity index is 1100. The van der Waals surface area contributed by atoms with E-state index in [0.717, 1.165) is 6.07 Å².